The highest BCUT2D eigenvalue weighted by molar-refractivity contribution is 7.89. The number of carbonyl (C=O) groups excluding carboxylic acids is 2. The highest BCUT2D eigenvalue weighted by Gasteiger charge is 2.28. The van der Waals surface area contributed by atoms with Crippen LogP contribution in [0.5, 0.6) is 0 Å². The van der Waals surface area contributed by atoms with Crippen LogP contribution in [0.1, 0.15) is 28.8 Å². The summed E-state index contributed by atoms with van der Waals surface area (Å²) in [6.07, 6.45) is 1.54. The molecular formula is C19H18F2N2O5S. The van der Waals surface area contributed by atoms with E-state index in [4.69, 9.17) is 4.74 Å². The van der Waals surface area contributed by atoms with Gasteiger partial charge in [0.1, 0.15) is 0 Å². The lowest BCUT2D eigenvalue weighted by Crippen LogP contribution is -2.26. The zero-order valence-corrected chi connectivity index (χ0v) is 16.2. The van der Waals surface area contributed by atoms with Gasteiger partial charge in [-0.2, -0.15) is 0 Å². The van der Waals surface area contributed by atoms with Crippen molar-refractivity contribution in [2.24, 2.45) is 0 Å². The molecule has 0 atom stereocenters. The molecule has 0 heterocycles. The summed E-state index contributed by atoms with van der Waals surface area (Å²) < 4.78 is 58.1. The second kappa shape index (κ2) is 8.26. The van der Waals surface area contributed by atoms with Crippen molar-refractivity contribution in [1.82, 2.24) is 4.72 Å². The highest BCUT2D eigenvalue weighted by Crippen LogP contribution is 2.23. The third kappa shape index (κ3) is 5.36. The van der Waals surface area contributed by atoms with Gasteiger partial charge in [0.15, 0.2) is 18.2 Å². The van der Waals surface area contributed by atoms with Gasteiger partial charge in [-0.05, 0) is 49.6 Å². The van der Waals surface area contributed by atoms with Crippen molar-refractivity contribution in [3.63, 3.8) is 0 Å². The molecule has 0 spiro atoms. The molecule has 0 unspecified atom stereocenters. The van der Waals surface area contributed by atoms with Crippen molar-refractivity contribution < 1.29 is 31.5 Å². The van der Waals surface area contributed by atoms with Crippen LogP contribution in [-0.2, 0) is 19.6 Å². The summed E-state index contributed by atoms with van der Waals surface area (Å²) in [4.78, 5) is 24.1. The van der Waals surface area contributed by atoms with Gasteiger partial charge in [0.25, 0.3) is 5.91 Å². The van der Waals surface area contributed by atoms with Crippen LogP contribution in [0.4, 0.5) is 14.5 Å². The molecule has 0 radical (unpaired) electrons. The number of aryl methyl sites for hydroxylation is 1. The first-order valence-electron chi connectivity index (χ1n) is 8.71. The number of hydrogen-bond donors (Lipinski definition) is 2. The van der Waals surface area contributed by atoms with E-state index < -0.39 is 40.1 Å². The van der Waals surface area contributed by atoms with Crippen molar-refractivity contribution in [2.75, 3.05) is 11.9 Å². The molecule has 29 heavy (non-hydrogen) atoms. The van der Waals surface area contributed by atoms with E-state index in [0.29, 0.717) is 5.56 Å². The molecule has 0 aromatic heterocycles. The lowest BCUT2D eigenvalue weighted by atomic mass is 10.1. The van der Waals surface area contributed by atoms with Crippen LogP contribution in [-0.4, -0.2) is 32.9 Å². The molecule has 1 aliphatic carbocycles. The standard InChI is InChI=1S/C19H18F2N2O5S/c1-11-2-6-14(29(26,27)23-12-3-4-12)9-15(11)19(25)28-10-18(24)22-13-5-7-16(20)17(21)8-13/h2,5-9,12,23H,3-4,10H2,1H3,(H,22,24). The number of nitrogens with one attached hydrogen (secondary N) is 2. The van der Waals surface area contributed by atoms with E-state index in [-0.39, 0.29) is 22.2 Å². The number of halogens is 2. The van der Waals surface area contributed by atoms with Crippen LogP contribution in [0, 0.1) is 18.6 Å². The lowest BCUT2D eigenvalue weighted by Gasteiger charge is -2.11. The van der Waals surface area contributed by atoms with Gasteiger partial charge >= 0.3 is 5.97 Å². The fourth-order valence-corrected chi connectivity index (χ4v) is 3.79. The normalized spacial score (nSPS) is 13.8. The van der Waals surface area contributed by atoms with Crippen LogP contribution >= 0.6 is 0 Å². The first-order chi connectivity index (χ1) is 13.7. The van der Waals surface area contributed by atoms with Gasteiger partial charge in [-0.25, -0.2) is 26.7 Å². The second-order valence-corrected chi connectivity index (χ2v) is 8.34. The zero-order valence-electron chi connectivity index (χ0n) is 15.4. The van der Waals surface area contributed by atoms with E-state index in [0.717, 1.165) is 31.0 Å². The molecule has 2 N–H and O–H groups in total. The lowest BCUT2D eigenvalue weighted by molar-refractivity contribution is -0.119. The minimum atomic E-state index is -3.75. The average Bonchev–Trinajstić information content (AvgIpc) is 3.46. The van der Waals surface area contributed by atoms with Crippen molar-refractivity contribution in [2.45, 2.75) is 30.7 Å². The minimum Gasteiger partial charge on any atom is -0.452 e. The maximum Gasteiger partial charge on any atom is 0.338 e. The number of carbonyl (C=O) groups is 2. The van der Waals surface area contributed by atoms with Gasteiger partial charge < -0.3 is 10.1 Å². The Labute approximate surface area is 166 Å². The summed E-state index contributed by atoms with van der Waals surface area (Å²) in [7, 11) is -3.75. The Morgan fingerprint density at radius 2 is 1.83 bits per heavy atom. The van der Waals surface area contributed by atoms with Crippen molar-refractivity contribution in [3.8, 4) is 0 Å². The number of anilines is 1. The number of hydrogen-bond acceptors (Lipinski definition) is 5. The summed E-state index contributed by atoms with van der Waals surface area (Å²) >= 11 is 0. The molecule has 1 aliphatic rings. The Kier molecular flexibility index (Phi) is 5.94. The number of sulfonamides is 1. The van der Waals surface area contributed by atoms with Crippen LogP contribution in [0.25, 0.3) is 0 Å². The van der Waals surface area contributed by atoms with Crippen LogP contribution < -0.4 is 10.0 Å². The third-order valence-corrected chi connectivity index (χ3v) is 5.69. The Morgan fingerprint density at radius 1 is 1.10 bits per heavy atom. The van der Waals surface area contributed by atoms with Gasteiger partial charge in [-0.1, -0.05) is 6.07 Å². The SMILES string of the molecule is Cc1ccc(S(=O)(=O)NC2CC2)cc1C(=O)OCC(=O)Nc1ccc(F)c(F)c1. The molecule has 2 aromatic rings. The molecule has 154 valence electrons. The molecule has 1 fully saturated rings. The predicted molar refractivity (Wildman–Crippen MR) is 99.8 cm³/mol. The molecule has 1 amide bonds. The van der Waals surface area contributed by atoms with E-state index in [1.54, 1.807) is 6.92 Å². The van der Waals surface area contributed by atoms with Gasteiger partial charge in [-0.3, -0.25) is 4.79 Å². The van der Waals surface area contributed by atoms with E-state index in [1.807, 2.05) is 0 Å². The van der Waals surface area contributed by atoms with Gasteiger partial charge in [0.05, 0.1) is 10.5 Å². The van der Waals surface area contributed by atoms with Gasteiger partial charge in [-0.15, -0.1) is 0 Å². The largest absolute Gasteiger partial charge is 0.452 e. The maximum absolute atomic E-state index is 13.2. The summed E-state index contributed by atoms with van der Waals surface area (Å²) in [5.74, 6) is -3.84. The zero-order chi connectivity index (χ0) is 21.2. The number of benzene rings is 2. The fraction of sp³-hybridized carbons (Fsp3) is 0.263. The number of ether oxygens (including phenoxy) is 1. The topological polar surface area (TPSA) is 102 Å². The highest BCUT2D eigenvalue weighted by atomic mass is 32.2. The molecule has 0 bridgehead atoms. The van der Waals surface area contributed by atoms with Crippen LogP contribution in [0.2, 0.25) is 0 Å². The molecule has 3 rings (SSSR count). The van der Waals surface area contributed by atoms with Crippen molar-refractivity contribution in [1.29, 1.82) is 0 Å². The first-order valence-corrected chi connectivity index (χ1v) is 10.2. The summed E-state index contributed by atoms with van der Waals surface area (Å²) in [6.45, 7) is 0.914. The van der Waals surface area contributed by atoms with E-state index >= 15 is 0 Å². The number of rotatable bonds is 7. The van der Waals surface area contributed by atoms with Gasteiger partial charge in [0, 0.05) is 17.8 Å². The smallest absolute Gasteiger partial charge is 0.338 e. The average molecular weight is 424 g/mol. The van der Waals surface area contributed by atoms with E-state index in [9.17, 15) is 26.8 Å². The molecule has 7 nitrogen and oxygen atoms in total. The monoisotopic (exact) mass is 424 g/mol. The molecule has 0 saturated heterocycles. The van der Waals surface area contributed by atoms with E-state index in [1.165, 1.54) is 18.2 Å². The van der Waals surface area contributed by atoms with Crippen molar-refractivity contribution in [3.05, 3.63) is 59.2 Å². The minimum absolute atomic E-state index is 0.000343. The number of esters is 1. The molecule has 10 heteroatoms. The Hall–Kier alpha value is -2.85. The quantitative estimate of drug-likeness (QED) is 0.665. The third-order valence-electron chi connectivity index (χ3n) is 4.18. The molecule has 0 aliphatic heterocycles. The van der Waals surface area contributed by atoms with Gasteiger partial charge in [0.2, 0.25) is 10.0 Å². The number of amides is 1. The Balaban J connectivity index is 1.64. The van der Waals surface area contributed by atoms with Crippen LogP contribution in [0.15, 0.2) is 41.3 Å². The van der Waals surface area contributed by atoms with Crippen LogP contribution in [0.3, 0.4) is 0 Å². The first kappa shape index (κ1) is 20.9. The van der Waals surface area contributed by atoms with Crippen molar-refractivity contribution >= 4 is 27.6 Å². The Bertz CT molecular complexity index is 1070. The molecule has 2 aromatic carbocycles. The maximum atomic E-state index is 13.2. The summed E-state index contributed by atoms with van der Waals surface area (Å²) in [6, 6.07) is 6.75. The predicted octanol–water partition coefficient (Wildman–Crippen LogP) is 2.51. The fourth-order valence-electron chi connectivity index (χ4n) is 2.46. The van der Waals surface area contributed by atoms with E-state index in [2.05, 4.69) is 10.0 Å². The summed E-state index contributed by atoms with van der Waals surface area (Å²) in [5.41, 5.74) is 0.478. The summed E-state index contributed by atoms with van der Waals surface area (Å²) in [5, 5.41) is 2.27. The molecular weight excluding hydrogens is 406 g/mol. The Morgan fingerprint density at radius 3 is 2.48 bits per heavy atom. The second-order valence-electron chi connectivity index (χ2n) is 6.63. The molecule has 1 saturated carbocycles.